The molecule has 1 aliphatic carbocycles. The Bertz CT molecular complexity index is 1100. The predicted octanol–water partition coefficient (Wildman–Crippen LogP) is 4.19. The lowest BCUT2D eigenvalue weighted by molar-refractivity contribution is -0.387. The van der Waals surface area contributed by atoms with E-state index in [-0.39, 0.29) is 11.7 Å². The molecule has 1 amide bonds. The highest BCUT2D eigenvalue weighted by Gasteiger charge is 2.28. The first kappa shape index (κ1) is 18.0. The number of benzene rings is 1. The number of halogens is 1. The molecule has 1 aliphatic rings. The van der Waals surface area contributed by atoms with Gasteiger partial charge in [0.05, 0.1) is 22.1 Å². The second-order valence-electron chi connectivity index (χ2n) is 7.17. The Morgan fingerprint density at radius 1 is 1.36 bits per heavy atom. The highest BCUT2D eigenvalue weighted by molar-refractivity contribution is 6.12. The summed E-state index contributed by atoms with van der Waals surface area (Å²) < 4.78 is 15.3. The molecule has 4 rings (SSSR count). The highest BCUT2D eigenvalue weighted by Crippen LogP contribution is 2.40. The Morgan fingerprint density at radius 2 is 2.11 bits per heavy atom. The molecule has 1 aromatic carbocycles. The summed E-state index contributed by atoms with van der Waals surface area (Å²) >= 11 is 0. The van der Waals surface area contributed by atoms with Gasteiger partial charge < -0.3 is 5.32 Å². The lowest BCUT2D eigenvalue weighted by Gasteiger charge is -2.11. The molecule has 9 heteroatoms. The molecule has 0 bridgehead atoms. The van der Waals surface area contributed by atoms with Crippen LogP contribution in [0.4, 0.5) is 15.8 Å². The quantitative estimate of drug-likeness (QED) is 0.526. The van der Waals surface area contributed by atoms with Gasteiger partial charge >= 0.3 is 5.69 Å². The molecule has 0 spiro atoms. The number of nitrogens with one attached hydrogen (secondary N) is 1. The van der Waals surface area contributed by atoms with Crippen LogP contribution >= 0.6 is 0 Å². The molecule has 0 unspecified atom stereocenters. The number of nitro groups is 1. The second-order valence-corrected chi connectivity index (χ2v) is 7.17. The van der Waals surface area contributed by atoms with E-state index in [1.165, 1.54) is 6.07 Å². The van der Waals surface area contributed by atoms with Crippen LogP contribution in [0.5, 0.6) is 0 Å². The number of hydrogen-bond acceptors (Lipinski definition) is 5. The molecule has 1 N–H and O–H groups in total. The molecular weight excluding hydrogens is 365 g/mol. The van der Waals surface area contributed by atoms with Gasteiger partial charge in [0.25, 0.3) is 5.91 Å². The highest BCUT2D eigenvalue weighted by atomic mass is 19.1. The maximum atomic E-state index is 13.5. The molecule has 0 atom stereocenters. The molecule has 0 radical (unpaired) electrons. The number of anilines is 1. The number of carbonyl (C=O) groups is 1. The fraction of sp³-hybridized carbons (Fsp3) is 0.316. The average Bonchev–Trinajstić information content (AvgIpc) is 3.41. The minimum atomic E-state index is -0.955. The third-order valence-electron chi connectivity index (χ3n) is 4.72. The van der Waals surface area contributed by atoms with Gasteiger partial charge in [0.15, 0.2) is 5.65 Å². The van der Waals surface area contributed by atoms with Crippen LogP contribution in [0.2, 0.25) is 0 Å². The molecular formula is C19H18FN5O3. The molecule has 0 aliphatic heterocycles. The van der Waals surface area contributed by atoms with E-state index in [2.05, 4.69) is 10.4 Å². The zero-order valence-electron chi connectivity index (χ0n) is 15.3. The van der Waals surface area contributed by atoms with Crippen LogP contribution in [0, 0.1) is 15.9 Å². The second kappa shape index (κ2) is 6.66. The van der Waals surface area contributed by atoms with E-state index in [1.807, 2.05) is 13.8 Å². The smallest absolute Gasteiger partial charge is 0.306 e. The van der Waals surface area contributed by atoms with Crippen molar-refractivity contribution in [2.45, 2.75) is 38.6 Å². The fourth-order valence-electron chi connectivity index (χ4n) is 3.12. The maximum Gasteiger partial charge on any atom is 0.306 e. The van der Waals surface area contributed by atoms with Crippen LogP contribution in [0.15, 0.2) is 30.5 Å². The van der Waals surface area contributed by atoms with E-state index >= 15 is 0 Å². The van der Waals surface area contributed by atoms with Crippen molar-refractivity contribution in [3.63, 3.8) is 0 Å². The van der Waals surface area contributed by atoms with E-state index in [0.717, 1.165) is 30.7 Å². The number of rotatable bonds is 5. The molecule has 144 valence electrons. The number of carbonyl (C=O) groups excluding carboxylic acids is 1. The van der Waals surface area contributed by atoms with E-state index in [0.29, 0.717) is 22.5 Å². The topological polar surface area (TPSA) is 103 Å². The van der Waals surface area contributed by atoms with Crippen LogP contribution < -0.4 is 5.32 Å². The van der Waals surface area contributed by atoms with Crippen molar-refractivity contribution in [2.75, 3.05) is 5.32 Å². The third kappa shape index (κ3) is 3.19. The Hall–Kier alpha value is -3.36. The van der Waals surface area contributed by atoms with Crippen molar-refractivity contribution in [1.82, 2.24) is 14.8 Å². The summed E-state index contributed by atoms with van der Waals surface area (Å²) in [4.78, 5) is 27.7. The normalized spacial score (nSPS) is 13.9. The predicted molar refractivity (Wildman–Crippen MR) is 101 cm³/mol. The van der Waals surface area contributed by atoms with Crippen LogP contribution in [0.1, 0.15) is 54.7 Å². The van der Waals surface area contributed by atoms with Crippen molar-refractivity contribution in [2.24, 2.45) is 0 Å². The van der Waals surface area contributed by atoms with Gasteiger partial charge in [-0.05, 0) is 44.9 Å². The lowest BCUT2D eigenvalue weighted by atomic mass is 10.1. The number of hydrogen-bond donors (Lipinski definition) is 1. The standard InChI is InChI=1S/C19H18FN5O3/c1-10(2)24-18-14(9-21-24)13(8-16(23-18)11-3-4-11)19(26)22-12-5-6-15(20)17(7-12)25(27)28/h5-11H,3-4H2,1-2H3,(H,22,26). The molecule has 1 fully saturated rings. The summed E-state index contributed by atoms with van der Waals surface area (Å²) in [5, 5.41) is 18.5. The number of pyridine rings is 1. The summed E-state index contributed by atoms with van der Waals surface area (Å²) in [6.45, 7) is 3.96. The van der Waals surface area contributed by atoms with E-state index < -0.39 is 22.3 Å². The molecule has 8 nitrogen and oxygen atoms in total. The molecule has 0 saturated heterocycles. The lowest BCUT2D eigenvalue weighted by Crippen LogP contribution is -2.14. The number of amides is 1. The van der Waals surface area contributed by atoms with E-state index in [9.17, 15) is 19.3 Å². The van der Waals surface area contributed by atoms with Crippen LogP contribution in [0.3, 0.4) is 0 Å². The SMILES string of the molecule is CC(C)n1ncc2c(C(=O)Nc3ccc(F)c([N+](=O)[O-])c3)cc(C3CC3)nc21. The van der Waals surface area contributed by atoms with Crippen molar-refractivity contribution in [3.05, 3.63) is 57.7 Å². The van der Waals surface area contributed by atoms with Crippen LogP contribution in [-0.4, -0.2) is 25.6 Å². The average molecular weight is 383 g/mol. The van der Waals surface area contributed by atoms with Crippen LogP contribution in [0.25, 0.3) is 11.0 Å². The van der Waals surface area contributed by atoms with Crippen molar-refractivity contribution < 1.29 is 14.1 Å². The van der Waals surface area contributed by atoms with Gasteiger partial charge in [-0.15, -0.1) is 0 Å². The largest absolute Gasteiger partial charge is 0.322 e. The maximum absolute atomic E-state index is 13.5. The van der Waals surface area contributed by atoms with Gasteiger partial charge in [-0.2, -0.15) is 9.49 Å². The molecule has 3 aromatic rings. The zero-order valence-corrected chi connectivity index (χ0v) is 15.3. The Balaban J connectivity index is 1.75. The van der Waals surface area contributed by atoms with Gasteiger partial charge in [0.1, 0.15) is 0 Å². The summed E-state index contributed by atoms with van der Waals surface area (Å²) in [5.41, 5.74) is 1.32. The van der Waals surface area contributed by atoms with E-state index in [4.69, 9.17) is 4.98 Å². The number of aromatic nitrogens is 3. The zero-order chi connectivity index (χ0) is 20.0. The molecule has 2 aromatic heterocycles. The number of fused-ring (bicyclic) bond motifs is 1. The monoisotopic (exact) mass is 383 g/mol. The molecule has 2 heterocycles. The summed E-state index contributed by atoms with van der Waals surface area (Å²) in [6, 6.07) is 5.08. The van der Waals surface area contributed by atoms with E-state index in [1.54, 1.807) is 16.9 Å². The Labute approximate surface area is 159 Å². The Kier molecular flexibility index (Phi) is 4.29. The fourth-order valence-corrected chi connectivity index (χ4v) is 3.12. The summed E-state index contributed by atoms with van der Waals surface area (Å²) in [6.07, 6.45) is 3.65. The van der Waals surface area contributed by atoms with Gasteiger partial charge in [0.2, 0.25) is 5.82 Å². The first-order valence-electron chi connectivity index (χ1n) is 8.98. The van der Waals surface area contributed by atoms with Crippen molar-refractivity contribution in [1.29, 1.82) is 0 Å². The first-order chi connectivity index (χ1) is 13.3. The van der Waals surface area contributed by atoms with Crippen molar-refractivity contribution >= 4 is 28.3 Å². The third-order valence-corrected chi connectivity index (χ3v) is 4.72. The van der Waals surface area contributed by atoms with Crippen molar-refractivity contribution in [3.8, 4) is 0 Å². The van der Waals surface area contributed by atoms with Gasteiger partial charge in [0, 0.05) is 29.4 Å². The minimum absolute atomic E-state index is 0.0788. The number of nitrogens with zero attached hydrogens (tertiary/aromatic N) is 4. The minimum Gasteiger partial charge on any atom is -0.322 e. The van der Waals surface area contributed by atoms with Gasteiger partial charge in [-0.3, -0.25) is 14.9 Å². The Morgan fingerprint density at radius 3 is 2.75 bits per heavy atom. The molecule has 1 saturated carbocycles. The van der Waals surface area contributed by atoms with Gasteiger partial charge in [-0.1, -0.05) is 0 Å². The summed E-state index contributed by atoms with van der Waals surface area (Å²) in [7, 11) is 0. The molecule has 28 heavy (non-hydrogen) atoms. The van der Waals surface area contributed by atoms with Crippen LogP contribution in [-0.2, 0) is 0 Å². The summed E-state index contributed by atoms with van der Waals surface area (Å²) in [5.74, 6) is -1.07. The first-order valence-corrected chi connectivity index (χ1v) is 8.98. The van der Waals surface area contributed by atoms with Gasteiger partial charge in [-0.25, -0.2) is 9.67 Å². The number of nitro benzene ring substituents is 1.